The maximum absolute atomic E-state index is 6.07. The van der Waals surface area contributed by atoms with Gasteiger partial charge in [0.25, 0.3) is 0 Å². The zero-order chi connectivity index (χ0) is 9.57. The molecule has 0 N–H and O–H groups in total. The third-order valence-electron chi connectivity index (χ3n) is 2.30. The van der Waals surface area contributed by atoms with Gasteiger partial charge < -0.3 is 0 Å². The molecule has 1 rings (SSSR count). The van der Waals surface area contributed by atoms with Gasteiger partial charge in [0.2, 0.25) is 0 Å². The van der Waals surface area contributed by atoms with Crippen LogP contribution in [0.4, 0.5) is 0 Å². The van der Waals surface area contributed by atoms with Gasteiger partial charge in [-0.1, -0.05) is 25.7 Å². The lowest BCUT2D eigenvalue weighted by Crippen LogP contribution is -2.00. The summed E-state index contributed by atoms with van der Waals surface area (Å²) in [6.45, 7) is 10.7. The molecule has 0 amide bonds. The molecule has 2 atom stereocenters. The Bertz CT molecular complexity index is 234. The largest absolute Gasteiger partial charge is 0.121 e. The molecule has 1 heteroatoms. The van der Waals surface area contributed by atoms with Gasteiger partial charge in [0.15, 0.2) is 0 Å². The fraction of sp³-hybridized carbons (Fsp3) is 0.818. The summed E-state index contributed by atoms with van der Waals surface area (Å²) in [5.41, 5.74) is 0.342. The normalized spacial score (nSPS) is 32.2. The molecule has 0 aliphatic heterocycles. The van der Waals surface area contributed by atoms with Crippen LogP contribution in [0.5, 0.6) is 0 Å². The molecule has 0 bridgehead atoms. The molecular formula is C11H17Cl. The van der Waals surface area contributed by atoms with E-state index in [1.54, 1.807) is 0 Å². The Labute approximate surface area is 80.7 Å². The van der Waals surface area contributed by atoms with Crippen molar-refractivity contribution in [1.82, 2.24) is 0 Å². The van der Waals surface area contributed by atoms with Crippen LogP contribution >= 0.6 is 11.6 Å². The average molecular weight is 185 g/mol. The van der Waals surface area contributed by atoms with E-state index in [0.29, 0.717) is 5.92 Å². The van der Waals surface area contributed by atoms with Crippen LogP contribution in [0.2, 0.25) is 0 Å². The maximum Gasteiger partial charge on any atom is 0.0542 e. The fourth-order valence-electron chi connectivity index (χ4n) is 1.13. The molecule has 0 aromatic carbocycles. The minimum absolute atomic E-state index is 0.106. The van der Waals surface area contributed by atoms with Gasteiger partial charge >= 0.3 is 0 Å². The SMILES string of the molecule is CC(C)(C)C#CC1C(Cl)C1(C)C. The zero-order valence-electron chi connectivity index (χ0n) is 8.53. The summed E-state index contributed by atoms with van der Waals surface area (Å²) in [6.07, 6.45) is 0. The highest BCUT2D eigenvalue weighted by molar-refractivity contribution is 6.23. The maximum atomic E-state index is 6.07. The number of halogens is 1. The van der Waals surface area contributed by atoms with Crippen molar-refractivity contribution in [3.63, 3.8) is 0 Å². The first-order valence-corrected chi connectivity index (χ1v) is 4.85. The second kappa shape index (κ2) is 2.67. The van der Waals surface area contributed by atoms with E-state index < -0.39 is 0 Å². The first kappa shape index (κ1) is 9.93. The molecule has 68 valence electrons. The Balaban J connectivity index is 2.60. The predicted octanol–water partition coefficient (Wildman–Crippen LogP) is 3.30. The zero-order valence-corrected chi connectivity index (χ0v) is 9.29. The van der Waals surface area contributed by atoms with Crippen molar-refractivity contribution < 1.29 is 0 Å². The van der Waals surface area contributed by atoms with Gasteiger partial charge in [0.1, 0.15) is 0 Å². The molecule has 2 unspecified atom stereocenters. The van der Waals surface area contributed by atoms with Crippen LogP contribution in [-0.2, 0) is 0 Å². The monoisotopic (exact) mass is 184 g/mol. The lowest BCUT2D eigenvalue weighted by atomic mass is 9.97. The highest BCUT2D eigenvalue weighted by Gasteiger charge is 2.56. The molecule has 1 aliphatic rings. The standard InChI is InChI=1S/C11H17Cl/c1-10(2,3)7-6-8-9(12)11(8,4)5/h8-9H,1-5H3. The minimum atomic E-state index is 0.106. The molecule has 1 saturated carbocycles. The van der Waals surface area contributed by atoms with Crippen molar-refractivity contribution in [2.24, 2.45) is 16.7 Å². The molecule has 0 aromatic heterocycles. The van der Waals surface area contributed by atoms with E-state index >= 15 is 0 Å². The van der Waals surface area contributed by atoms with E-state index in [1.807, 2.05) is 0 Å². The van der Waals surface area contributed by atoms with Gasteiger partial charge in [-0.05, 0) is 26.2 Å². The first-order chi connectivity index (χ1) is 5.25. The third kappa shape index (κ3) is 1.96. The van der Waals surface area contributed by atoms with Crippen molar-refractivity contribution in [2.75, 3.05) is 0 Å². The Morgan fingerprint density at radius 1 is 1.25 bits per heavy atom. The van der Waals surface area contributed by atoms with Crippen LogP contribution in [0.15, 0.2) is 0 Å². The van der Waals surface area contributed by atoms with E-state index in [9.17, 15) is 0 Å². The summed E-state index contributed by atoms with van der Waals surface area (Å²) in [6, 6.07) is 0. The van der Waals surface area contributed by atoms with E-state index in [0.717, 1.165) is 0 Å². The lowest BCUT2D eigenvalue weighted by Gasteiger charge is -2.06. The van der Waals surface area contributed by atoms with Crippen LogP contribution < -0.4 is 0 Å². The van der Waals surface area contributed by atoms with Crippen molar-refractivity contribution in [3.8, 4) is 11.8 Å². The molecule has 0 radical (unpaired) electrons. The summed E-state index contributed by atoms with van der Waals surface area (Å²) >= 11 is 6.07. The van der Waals surface area contributed by atoms with E-state index in [1.165, 1.54) is 0 Å². The second-order valence-corrected chi connectivity index (χ2v) is 5.69. The van der Waals surface area contributed by atoms with Gasteiger partial charge in [-0.15, -0.1) is 11.6 Å². The molecule has 0 heterocycles. The van der Waals surface area contributed by atoms with Crippen LogP contribution in [0.3, 0.4) is 0 Å². The third-order valence-corrected chi connectivity index (χ3v) is 3.11. The first-order valence-electron chi connectivity index (χ1n) is 4.42. The van der Waals surface area contributed by atoms with Crippen LogP contribution in [-0.4, -0.2) is 5.38 Å². The average Bonchev–Trinajstić information content (AvgIpc) is 2.28. The van der Waals surface area contributed by atoms with Crippen molar-refractivity contribution in [2.45, 2.75) is 40.0 Å². The van der Waals surface area contributed by atoms with E-state index in [4.69, 9.17) is 11.6 Å². The molecule has 0 nitrogen and oxygen atoms in total. The van der Waals surface area contributed by atoms with Crippen molar-refractivity contribution >= 4 is 11.6 Å². The van der Waals surface area contributed by atoms with Crippen LogP contribution in [0.25, 0.3) is 0 Å². The summed E-state index contributed by atoms with van der Waals surface area (Å²) in [5.74, 6) is 6.89. The lowest BCUT2D eigenvalue weighted by molar-refractivity contribution is 0.567. The molecule has 1 fully saturated rings. The summed E-state index contributed by atoms with van der Waals surface area (Å²) in [4.78, 5) is 0. The Hall–Kier alpha value is -0.150. The molecular weight excluding hydrogens is 168 g/mol. The quantitative estimate of drug-likeness (QED) is 0.400. The van der Waals surface area contributed by atoms with Crippen LogP contribution in [0, 0.1) is 28.6 Å². The summed E-state index contributed by atoms with van der Waals surface area (Å²) < 4.78 is 0. The minimum Gasteiger partial charge on any atom is -0.121 e. The van der Waals surface area contributed by atoms with Crippen molar-refractivity contribution in [1.29, 1.82) is 0 Å². The van der Waals surface area contributed by atoms with E-state index in [2.05, 4.69) is 46.5 Å². The van der Waals surface area contributed by atoms with Gasteiger partial charge in [0, 0.05) is 11.3 Å². The number of hydrogen-bond donors (Lipinski definition) is 0. The van der Waals surface area contributed by atoms with E-state index in [-0.39, 0.29) is 16.2 Å². The number of alkyl halides is 1. The van der Waals surface area contributed by atoms with Gasteiger partial charge in [-0.2, -0.15) is 0 Å². The summed E-state index contributed by atoms with van der Waals surface area (Å²) in [5, 5.41) is 0.257. The van der Waals surface area contributed by atoms with Gasteiger partial charge in [-0.3, -0.25) is 0 Å². The molecule has 0 aromatic rings. The Morgan fingerprint density at radius 3 is 1.92 bits per heavy atom. The fourth-order valence-corrected chi connectivity index (χ4v) is 1.58. The number of hydrogen-bond acceptors (Lipinski definition) is 0. The van der Waals surface area contributed by atoms with Gasteiger partial charge in [-0.25, -0.2) is 0 Å². The molecule has 0 spiro atoms. The summed E-state index contributed by atoms with van der Waals surface area (Å²) in [7, 11) is 0. The second-order valence-electron chi connectivity index (χ2n) is 5.22. The number of rotatable bonds is 0. The smallest absolute Gasteiger partial charge is 0.0542 e. The highest BCUT2D eigenvalue weighted by Crippen LogP contribution is 2.55. The predicted molar refractivity (Wildman–Crippen MR) is 54.1 cm³/mol. The Morgan fingerprint density at radius 2 is 1.67 bits per heavy atom. The molecule has 0 saturated heterocycles. The van der Waals surface area contributed by atoms with Crippen LogP contribution in [0.1, 0.15) is 34.6 Å². The highest BCUT2D eigenvalue weighted by atomic mass is 35.5. The van der Waals surface area contributed by atoms with Crippen molar-refractivity contribution in [3.05, 3.63) is 0 Å². The molecule has 1 aliphatic carbocycles. The topological polar surface area (TPSA) is 0 Å². The molecule has 12 heavy (non-hydrogen) atoms. The Kier molecular flexibility index (Phi) is 2.21. The van der Waals surface area contributed by atoms with Gasteiger partial charge in [0.05, 0.1) is 5.38 Å².